The quantitative estimate of drug-likeness (QED) is 0.456. The molecule has 5 nitrogen and oxygen atoms in total. The van der Waals surface area contributed by atoms with Crippen LogP contribution in [-0.2, 0) is 4.79 Å². The molecule has 0 radical (unpaired) electrons. The Morgan fingerprint density at radius 2 is 2.17 bits per heavy atom. The fourth-order valence-electron chi connectivity index (χ4n) is 1.85. The van der Waals surface area contributed by atoms with Crippen molar-refractivity contribution < 1.29 is 9.53 Å². The van der Waals surface area contributed by atoms with E-state index in [1.54, 1.807) is 30.6 Å². The van der Waals surface area contributed by atoms with Crippen molar-refractivity contribution in [2.75, 3.05) is 6.61 Å². The summed E-state index contributed by atoms with van der Waals surface area (Å²) in [4.78, 5) is 15.8. The minimum Gasteiger partial charge on any atom is -0.492 e. The highest BCUT2D eigenvalue weighted by atomic mass is 35.5. The zero-order chi connectivity index (χ0) is 17.4. The van der Waals surface area contributed by atoms with E-state index in [9.17, 15) is 4.79 Å². The van der Waals surface area contributed by atoms with Crippen LogP contribution in [0.5, 0.6) is 5.75 Å². The molecule has 0 bridgehead atoms. The number of carbonyl (C=O) groups excluding carboxylic acids is 1. The van der Waals surface area contributed by atoms with Crippen LogP contribution in [0.4, 0.5) is 0 Å². The van der Waals surface area contributed by atoms with Crippen LogP contribution in [0.15, 0.2) is 47.8 Å². The van der Waals surface area contributed by atoms with E-state index < -0.39 is 0 Å². The average Bonchev–Trinajstić information content (AvgIpc) is 2.59. The molecule has 0 unspecified atom stereocenters. The minimum atomic E-state index is -0.177. The molecule has 2 aromatic rings. The third-order valence-corrected chi connectivity index (χ3v) is 3.66. The molecule has 2 rings (SSSR count). The van der Waals surface area contributed by atoms with Crippen molar-refractivity contribution in [2.24, 2.45) is 5.10 Å². The van der Waals surface area contributed by atoms with Crippen molar-refractivity contribution in [1.29, 1.82) is 0 Å². The van der Waals surface area contributed by atoms with Crippen LogP contribution in [0.3, 0.4) is 0 Å². The lowest BCUT2D eigenvalue weighted by molar-refractivity contribution is -0.121. The second-order valence-electron chi connectivity index (χ2n) is 5.00. The van der Waals surface area contributed by atoms with Crippen molar-refractivity contribution in [3.63, 3.8) is 0 Å². The van der Waals surface area contributed by atoms with Crippen LogP contribution in [0, 0.1) is 0 Å². The molecule has 0 atom stereocenters. The van der Waals surface area contributed by atoms with Crippen LogP contribution in [0.1, 0.15) is 25.3 Å². The maximum absolute atomic E-state index is 11.8. The van der Waals surface area contributed by atoms with Gasteiger partial charge in [0.05, 0.1) is 17.3 Å². The lowest BCUT2D eigenvalue weighted by Crippen LogP contribution is -2.19. The third kappa shape index (κ3) is 5.83. The molecule has 1 N–H and O–H groups in total. The number of nitrogens with zero attached hydrogens (tertiary/aromatic N) is 2. The summed E-state index contributed by atoms with van der Waals surface area (Å²) in [6.07, 6.45) is 4.22. The zero-order valence-corrected chi connectivity index (χ0v) is 14.6. The van der Waals surface area contributed by atoms with Crippen LogP contribution in [0.25, 0.3) is 0 Å². The molecule has 0 aliphatic rings. The lowest BCUT2D eigenvalue weighted by Gasteiger charge is -2.08. The largest absolute Gasteiger partial charge is 0.492 e. The molecule has 0 saturated heterocycles. The molecule has 1 amide bonds. The van der Waals surface area contributed by atoms with E-state index in [0.717, 1.165) is 5.56 Å². The van der Waals surface area contributed by atoms with Gasteiger partial charge in [-0.05, 0) is 37.6 Å². The van der Waals surface area contributed by atoms with Crippen LogP contribution in [-0.4, -0.2) is 23.2 Å². The van der Waals surface area contributed by atoms with Gasteiger partial charge in [0.1, 0.15) is 5.75 Å². The molecular weight excluding hydrogens is 349 g/mol. The molecule has 1 heterocycles. The molecule has 24 heavy (non-hydrogen) atoms. The number of nitrogens with one attached hydrogen (secondary N) is 1. The summed E-state index contributed by atoms with van der Waals surface area (Å²) in [6, 6.07) is 8.70. The van der Waals surface area contributed by atoms with E-state index in [1.807, 2.05) is 19.1 Å². The minimum absolute atomic E-state index is 0.177. The maximum atomic E-state index is 11.8. The Morgan fingerprint density at radius 1 is 1.33 bits per heavy atom. The van der Waals surface area contributed by atoms with Crippen LogP contribution >= 0.6 is 23.2 Å². The SMILES string of the molecule is C/C(=N\NC(=O)CCCOc1ccc(Cl)cc1Cl)c1cccnc1. The van der Waals surface area contributed by atoms with Crippen molar-refractivity contribution >= 4 is 34.8 Å². The molecule has 1 aromatic heterocycles. The van der Waals surface area contributed by atoms with Crippen LogP contribution < -0.4 is 10.2 Å². The predicted molar refractivity (Wildman–Crippen MR) is 95.8 cm³/mol. The molecule has 0 saturated carbocycles. The number of benzene rings is 1. The van der Waals surface area contributed by atoms with Crippen LogP contribution in [0.2, 0.25) is 10.0 Å². The van der Waals surface area contributed by atoms with Crippen molar-refractivity contribution in [2.45, 2.75) is 19.8 Å². The van der Waals surface area contributed by atoms with E-state index >= 15 is 0 Å². The molecule has 1 aromatic carbocycles. The van der Waals surface area contributed by atoms with Crippen molar-refractivity contribution in [3.8, 4) is 5.75 Å². The fourth-order valence-corrected chi connectivity index (χ4v) is 2.31. The maximum Gasteiger partial charge on any atom is 0.240 e. The van der Waals surface area contributed by atoms with Gasteiger partial charge in [0.2, 0.25) is 5.91 Å². The molecule has 0 aliphatic carbocycles. The summed E-state index contributed by atoms with van der Waals surface area (Å²) >= 11 is 11.8. The van der Waals surface area contributed by atoms with Gasteiger partial charge in [-0.3, -0.25) is 9.78 Å². The summed E-state index contributed by atoms with van der Waals surface area (Å²) in [6.45, 7) is 2.18. The molecule has 0 aliphatic heterocycles. The van der Waals surface area contributed by atoms with Gasteiger partial charge < -0.3 is 4.74 Å². The average molecular weight is 366 g/mol. The summed E-state index contributed by atoms with van der Waals surface area (Å²) in [5.41, 5.74) is 4.08. The Bertz CT molecular complexity index is 721. The first-order valence-electron chi connectivity index (χ1n) is 7.37. The number of carbonyl (C=O) groups is 1. The first-order chi connectivity index (χ1) is 11.6. The Hall–Kier alpha value is -2.11. The summed E-state index contributed by atoms with van der Waals surface area (Å²) in [5.74, 6) is 0.371. The first kappa shape index (κ1) is 18.2. The monoisotopic (exact) mass is 365 g/mol. The predicted octanol–water partition coefficient (Wildman–Crippen LogP) is 4.09. The highest BCUT2D eigenvalue weighted by molar-refractivity contribution is 6.35. The number of ether oxygens (including phenoxy) is 1. The van der Waals surface area contributed by atoms with Gasteiger partial charge in [0.15, 0.2) is 0 Å². The number of halogens is 2. The molecule has 0 fully saturated rings. The second-order valence-corrected chi connectivity index (χ2v) is 5.84. The topological polar surface area (TPSA) is 63.6 Å². The van der Waals surface area contributed by atoms with E-state index in [-0.39, 0.29) is 5.91 Å². The number of hydrazone groups is 1. The van der Waals surface area contributed by atoms with Gasteiger partial charge >= 0.3 is 0 Å². The van der Waals surface area contributed by atoms with Gasteiger partial charge in [-0.25, -0.2) is 5.43 Å². The van der Waals surface area contributed by atoms with Gasteiger partial charge in [0, 0.05) is 29.4 Å². The zero-order valence-electron chi connectivity index (χ0n) is 13.1. The summed E-state index contributed by atoms with van der Waals surface area (Å²) in [7, 11) is 0. The molecular formula is C17H17Cl2N3O2. The van der Waals surface area contributed by atoms with Crippen molar-refractivity contribution in [1.82, 2.24) is 10.4 Å². The molecule has 0 spiro atoms. The number of hydrogen-bond donors (Lipinski definition) is 1. The second kappa shape index (κ2) is 9.25. The lowest BCUT2D eigenvalue weighted by atomic mass is 10.2. The molecule has 7 heteroatoms. The Kier molecular flexibility index (Phi) is 7.03. The summed E-state index contributed by atoms with van der Waals surface area (Å²) in [5, 5.41) is 5.05. The Morgan fingerprint density at radius 3 is 2.88 bits per heavy atom. The number of aromatic nitrogens is 1. The van der Waals surface area contributed by atoms with Gasteiger partial charge in [0.25, 0.3) is 0 Å². The fraction of sp³-hybridized carbons (Fsp3) is 0.235. The van der Waals surface area contributed by atoms with Gasteiger partial charge in [-0.15, -0.1) is 0 Å². The number of rotatable bonds is 7. The standard InChI is InChI=1S/C17H17Cl2N3O2/c1-12(13-4-2-8-20-11-13)21-22-17(23)5-3-9-24-16-7-6-14(18)10-15(16)19/h2,4,6-8,10-11H,3,5,9H2,1H3,(H,22,23)/b21-12+. The third-order valence-electron chi connectivity index (χ3n) is 3.13. The highest BCUT2D eigenvalue weighted by Crippen LogP contribution is 2.27. The number of hydrogen-bond acceptors (Lipinski definition) is 4. The van der Waals surface area contributed by atoms with E-state index in [2.05, 4.69) is 15.5 Å². The number of pyridine rings is 1. The number of amides is 1. The van der Waals surface area contributed by atoms with E-state index in [1.165, 1.54) is 0 Å². The summed E-state index contributed by atoms with van der Waals surface area (Å²) < 4.78 is 5.52. The first-order valence-corrected chi connectivity index (χ1v) is 8.13. The Labute approximate surface area is 150 Å². The molecule has 126 valence electrons. The smallest absolute Gasteiger partial charge is 0.240 e. The highest BCUT2D eigenvalue weighted by Gasteiger charge is 2.04. The van der Waals surface area contributed by atoms with E-state index in [4.69, 9.17) is 27.9 Å². The Balaban J connectivity index is 1.72. The van der Waals surface area contributed by atoms with Gasteiger partial charge in [-0.1, -0.05) is 29.3 Å². The van der Waals surface area contributed by atoms with Crippen molar-refractivity contribution in [3.05, 3.63) is 58.3 Å². The normalized spacial score (nSPS) is 11.2. The van der Waals surface area contributed by atoms with E-state index in [0.29, 0.717) is 41.0 Å². The van der Waals surface area contributed by atoms with Gasteiger partial charge in [-0.2, -0.15) is 5.10 Å².